The van der Waals surface area contributed by atoms with Crippen LogP contribution in [0.3, 0.4) is 0 Å². The molecule has 2 rings (SSSR count). The van der Waals surface area contributed by atoms with Gasteiger partial charge in [0.25, 0.3) is 0 Å². The molecule has 1 aromatic rings. The first-order valence-corrected chi connectivity index (χ1v) is 9.98. The van der Waals surface area contributed by atoms with Crippen LogP contribution in [0, 0.1) is 0 Å². The fraction of sp³-hybridized carbons (Fsp3) is 0.611. The molecule has 1 aliphatic carbocycles. The molecule has 0 heterocycles. The van der Waals surface area contributed by atoms with E-state index in [-0.39, 0.29) is 12.1 Å². The van der Waals surface area contributed by atoms with Gasteiger partial charge in [-0.15, -0.1) is 0 Å². The average molecular weight is 419 g/mol. The average Bonchev–Trinajstić information content (AvgIpc) is 2.60. The Kier molecular flexibility index (Phi) is 8.36. The molecule has 1 amide bonds. The van der Waals surface area contributed by atoms with Gasteiger partial charge < -0.3 is 14.4 Å². The topological polar surface area (TPSA) is 38.8 Å². The Labute approximate surface area is 157 Å². The second kappa shape index (κ2) is 10.3. The third-order valence-electron chi connectivity index (χ3n) is 4.38. The van der Waals surface area contributed by atoms with Crippen molar-refractivity contribution in [1.82, 2.24) is 4.90 Å². The van der Waals surface area contributed by atoms with Gasteiger partial charge in [-0.05, 0) is 62.8 Å². The van der Waals surface area contributed by atoms with Crippen LogP contribution in [0.25, 0.3) is 0 Å². The van der Waals surface area contributed by atoms with E-state index in [1.54, 1.807) is 36.2 Å². The van der Waals surface area contributed by atoms with Gasteiger partial charge in [0.2, 0.25) is 0 Å². The summed E-state index contributed by atoms with van der Waals surface area (Å²) in [5.41, 5.74) is 0. The molecule has 0 aliphatic heterocycles. The van der Waals surface area contributed by atoms with E-state index in [2.05, 4.69) is 15.9 Å². The smallest absolute Gasteiger partial charge is 0.410 e. The zero-order chi connectivity index (χ0) is 17.4. The maximum atomic E-state index is 12.3. The summed E-state index contributed by atoms with van der Waals surface area (Å²) >= 11 is 9.26. The van der Waals surface area contributed by atoms with Gasteiger partial charge in [-0.25, -0.2) is 4.79 Å². The van der Waals surface area contributed by atoms with Gasteiger partial charge in [-0.3, -0.25) is 0 Å². The maximum Gasteiger partial charge on any atom is 0.415 e. The van der Waals surface area contributed by atoms with E-state index in [4.69, 9.17) is 21.1 Å². The largest absolute Gasteiger partial charge is 0.415 e. The fourth-order valence-electron chi connectivity index (χ4n) is 2.87. The number of alkyl halides is 1. The third kappa shape index (κ3) is 6.26. The minimum atomic E-state index is -0.320. The summed E-state index contributed by atoms with van der Waals surface area (Å²) in [7, 11) is 1.81. The summed E-state index contributed by atoms with van der Waals surface area (Å²) in [6, 6.07) is 7.04. The van der Waals surface area contributed by atoms with E-state index in [1.807, 2.05) is 0 Å². The Balaban J connectivity index is 1.72. The van der Waals surface area contributed by atoms with E-state index < -0.39 is 0 Å². The number of benzene rings is 1. The lowest BCUT2D eigenvalue weighted by Crippen LogP contribution is -2.42. The van der Waals surface area contributed by atoms with Crippen LogP contribution in [-0.2, 0) is 4.74 Å². The highest BCUT2D eigenvalue weighted by molar-refractivity contribution is 9.09. The summed E-state index contributed by atoms with van der Waals surface area (Å²) in [6.45, 7) is 0.829. The van der Waals surface area contributed by atoms with Gasteiger partial charge in [-0.2, -0.15) is 0 Å². The Bertz CT molecular complexity index is 503. The zero-order valence-electron chi connectivity index (χ0n) is 14.0. The lowest BCUT2D eigenvalue weighted by Gasteiger charge is -2.34. The molecule has 6 heteroatoms. The molecule has 24 heavy (non-hydrogen) atoms. The monoisotopic (exact) mass is 417 g/mol. The van der Waals surface area contributed by atoms with E-state index in [0.29, 0.717) is 16.9 Å². The third-order valence-corrected chi connectivity index (χ3v) is 5.19. The number of halogens is 2. The SMILES string of the molecule is CN(C(=O)Oc1ccc(Cl)cc1)[C@H]1CC[C@H](OCCCCBr)CC1. The molecular formula is C18H25BrClNO3. The Morgan fingerprint density at radius 3 is 2.50 bits per heavy atom. The molecular weight excluding hydrogens is 394 g/mol. The molecule has 0 radical (unpaired) electrons. The molecule has 1 aromatic carbocycles. The minimum absolute atomic E-state index is 0.215. The summed E-state index contributed by atoms with van der Waals surface area (Å²) in [4.78, 5) is 14.0. The van der Waals surface area contributed by atoms with E-state index in [1.165, 1.54) is 0 Å². The maximum absolute atomic E-state index is 12.3. The first-order chi connectivity index (χ1) is 11.6. The second-order valence-corrected chi connectivity index (χ2v) is 7.36. The van der Waals surface area contributed by atoms with E-state index in [9.17, 15) is 4.79 Å². The molecule has 4 nitrogen and oxygen atoms in total. The number of unbranched alkanes of at least 4 members (excludes halogenated alkanes) is 1. The van der Waals surface area contributed by atoms with Crippen LogP contribution in [0.4, 0.5) is 4.79 Å². The molecule has 0 spiro atoms. The van der Waals surface area contributed by atoms with Crippen molar-refractivity contribution in [3.8, 4) is 5.75 Å². The molecule has 0 bridgehead atoms. The molecule has 0 aromatic heterocycles. The molecule has 0 unspecified atom stereocenters. The number of rotatable bonds is 7. The van der Waals surface area contributed by atoms with Crippen molar-refractivity contribution in [3.63, 3.8) is 0 Å². The molecule has 0 saturated heterocycles. The first-order valence-electron chi connectivity index (χ1n) is 8.48. The Hall–Kier alpha value is -0.780. The van der Waals surface area contributed by atoms with Gasteiger partial charge in [-0.1, -0.05) is 27.5 Å². The highest BCUT2D eigenvalue weighted by atomic mass is 79.9. The van der Waals surface area contributed by atoms with Gasteiger partial charge in [0, 0.05) is 30.0 Å². The fourth-order valence-corrected chi connectivity index (χ4v) is 3.39. The van der Waals surface area contributed by atoms with Crippen LogP contribution in [0.15, 0.2) is 24.3 Å². The van der Waals surface area contributed by atoms with Gasteiger partial charge in [0.1, 0.15) is 5.75 Å². The van der Waals surface area contributed by atoms with Crippen molar-refractivity contribution in [2.24, 2.45) is 0 Å². The van der Waals surface area contributed by atoms with Crippen molar-refractivity contribution < 1.29 is 14.3 Å². The quantitative estimate of drug-likeness (QED) is 0.447. The molecule has 1 aliphatic rings. The van der Waals surface area contributed by atoms with E-state index >= 15 is 0 Å². The standard InChI is InChI=1S/C18H25BrClNO3/c1-21(18(22)24-17-8-4-14(20)5-9-17)15-6-10-16(11-7-15)23-13-3-2-12-19/h4-5,8-9,15-16H,2-3,6-7,10-13H2,1H3/t15-,16-. The van der Waals surface area contributed by atoms with Crippen LogP contribution in [0.1, 0.15) is 38.5 Å². The van der Waals surface area contributed by atoms with Crippen LogP contribution >= 0.6 is 27.5 Å². The number of hydrogen-bond acceptors (Lipinski definition) is 3. The number of amides is 1. The normalized spacial score (nSPS) is 20.6. The van der Waals surface area contributed by atoms with Crippen LogP contribution in [-0.4, -0.2) is 42.1 Å². The lowest BCUT2D eigenvalue weighted by molar-refractivity contribution is 0.0111. The van der Waals surface area contributed by atoms with Crippen molar-refractivity contribution in [2.75, 3.05) is 19.0 Å². The Morgan fingerprint density at radius 1 is 1.21 bits per heavy atom. The summed E-state index contributed by atoms with van der Waals surface area (Å²) < 4.78 is 11.3. The number of ether oxygens (including phenoxy) is 2. The number of carbonyl (C=O) groups excluding carboxylic acids is 1. The van der Waals surface area contributed by atoms with E-state index in [0.717, 1.165) is 50.5 Å². The van der Waals surface area contributed by atoms with Gasteiger partial charge in [0.15, 0.2) is 0 Å². The van der Waals surface area contributed by atoms with Crippen molar-refractivity contribution in [2.45, 2.75) is 50.7 Å². The molecule has 134 valence electrons. The lowest BCUT2D eigenvalue weighted by atomic mass is 9.92. The van der Waals surface area contributed by atoms with Crippen LogP contribution in [0.2, 0.25) is 5.02 Å². The first kappa shape index (κ1) is 19.5. The molecule has 1 fully saturated rings. The highest BCUT2D eigenvalue weighted by Gasteiger charge is 2.27. The van der Waals surface area contributed by atoms with Gasteiger partial charge >= 0.3 is 6.09 Å². The van der Waals surface area contributed by atoms with Gasteiger partial charge in [0.05, 0.1) is 6.10 Å². The van der Waals surface area contributed by atoms with Crippen molar-refractivity contribution >= 4 is 33.6 Å². The number of nitrogens with zero attached hydrogens (tertiary/aromatic N) is 1. The summed E-state index contributed by atoms with van der Waals surface area (Å²) in [6.07, 6.45) is 6.16. The number of carbonyl (C=O) groups is 1. The van der Waals surface area contributed by atoms with Crippen LogP contribution in [0.5, 0.6) is 5.75 Å². The second-order valence-electron chi connectivity index (χ2n) is 6.13. The van der Waals surface area contributed by atoms with Crippen molar-refractivity contribution in [3.05, 3.63) is 29.3 Å². The number of hydrogen-bond donors (Lipinski definition) is 0. The van der Waals surface area contributed by atoms with Crippen molar-refractivity contribution in [1.29, 1.82) is 0 Å². The summed E-state index contributed by atoms with van der Waals surface area (Å²) in [5, 5.41) is 1.65. The predicted octanol–water partition coefficient (Wildman–Crippen LogP) is 5.27. The van der Waals surface area contributed by atoms with Crippen LogP contribution < -0.4 is 4.74 Å². The summed E-state index contributed by atoms with van der Waals surface area (Å²) in [5.74, 6) is 0.514. The molecule has 1 saturated carbocycles. The predicted molar refractivity (Wildman–Crippen MR) is 100 cm³/mol. The highest BCUT2D eigenvalue weighted by Crippen LogP contribution is 2.25. The molecule has 0 N–H and O–H groups in total. The Morgan fingerprint density at radius 2 is 1.88 bits per heavy atom. The zero-order valence-corrected chi connectivity index (χ0v) is 16.4. The molecule has 0 atom stereocenters. The minimum Gasteiger partial charge on any atom is -0.410 e.